The van der Waals surface area contributed by atoms with Crippen molar-refractivity contribution in [2.75, 3.05) is 14.2 Å². The molecule has 5 heteroatoms. The molecule has 0 N–H and O–H groups in total. The Morgan fingerprint density at radius 2 is 1.40 bits per heavy atom. The molecule has 0 unspecified atom stereocenters. The van der Waals surface area contributed by atoms with Crippen molar-refractivity contribution in [3.63, 3.8) is 0 Å². The summed E-state index contributed by atoms with van der Waals surface area (Å²) in [4.78, 5) is 0. The minimum atomic E-state index is -2.97. The Balaban J connectivity index is 2.53. The zero-order chi connectivity index (χ0) is 11.1. The number of hydrogen-bond acceptors (Lipinski definition) is 4. The van der Waals surface area contributed by atoms with Crippen LogP contribution in [-0.2, 0) is 21.3 Å². The second kappa shape index (κ2) is 3.41. The molecule has 2 rings (SSSR count). The van der Waals surface area contributed by atoms with Gasteiger partial charge in [0.05, 0.1) is 25.7 Å². The van der Waals surface area contributed by atoms with Gasteiger partial charge in [-0.15, -0.1) is 0 Å². The molecule has 0 radical (unpaired) electrons. The maximum atomic E-state index is 11.4. The first kappa shape index (κ1) is 10.3. The van der Waals surface area contributed by atoms with Gasteiger partial charge in [0.1, 0.15) is 0 Å². The molecule has 15 heavy (non-hydrogen) atoms. The fourth-order valence-electron chi connectivity index (χ4n) is 1.76. The quantitative estimate of drug-likeness (QED) is 0.761. The van der Waals surface area contributed by atoms with E-state index in [0.717, 1.165) is 11.1 Å². The van der Waals surface area contributed by atoms with Gasteiger partial charge < -0.3 is 9.47 Å². The topological polar surface area (TPSA) is 52.6 Å². The van der Waals surface area contributed by atoms with Crippen molar-refractivity contribution in [3.8, 4) is 11.5 Å². The van der Waals surface area contributed by atoms with Crippen molar-refractivity contribution >= 4 is 9.84 Å². The first-order valence-electron chi connectivity index (χ1n) is 4.50. The molecular formula is C10H12O4S. The van der Waals surface area contributed by atoms with E-state index in [-0.39, 0.29) is 11.5 Å². The minimum absolute atomic E-state index is 0.0999. The molecule has 0 bridgehead atoms. The zero-order valence-corrected chi connectivity index (χ0v) is 9.43. The van der Waals surface area contributed by atoms with Gasteiger partial charge in [0.25, 0.3) is 0 Å². The number of benzene rings is 1. The summed E-state index contributed by atoms with van der Waals surface area (Å²) in [6.45, 7) is 0. The van der Waals surface area contributed by atoms with E-state index in [4.69, 9.17) is 9.47 Å². The van der Waals surface area contributed by atoms with Crippen LogP contribution >= 0.6 is 0 Å². The third-order valence-electron chi connectivity index (χ3n) is 2.46. The molecule has 1 aromatic rings. The third kappa shape index (κ3) is 1.79. The molecule has 0 atom stereocenters. The largest absolute Gasteiger partial charge is 0.493 e. The third-order valence-corrected chi connectivity index (χ3v) is 3.96. The van der Waals surface area contributed by atoms with Crippen LogP contribution < -0.4 is 9.47 Å². The first-order chi connectivity index (χ1) is 7.05. The van der Waals surface area contributed by atoms with Crippen LogP contribution in [0.15, 0.2) is 12.1 Å². The van der Waals surface area contributed by atoms with E-state index in [0.29, 0.717) is 11.5 Å². The Hall–Kier alpha value is -1.23. The molecular weight excluding hydrogens is 216 g/mol. The number of rotatable bonds is 2. The van der Waals surface area contributed by atoms with Gasteiger partial charge in [0.15, 0.2) is 21.3 Å². The highest BCUT2D eigenvalue weighted by molar-refractivity contribution is 7.90. The Labute approximate surface area is 88.7 Å². The van der Waals surface area contributed by atoms with Crippen LogP contribution in [0.4, 0.5) is 0 Å². The van der Waals surface area contributed by atoms with E-state index >= 15 is 0 Å². The molecule has 0 aliphatic carbocycles. The number of fused-ring (bicyclic) bond motifs is 1. The maximum Gasteiger partial charge on any atom is 0.161 e. The zero-order valence-electron chi connectivity index (χ0n) is 8.61. The average molecular weight is 228 g/mol. The summed E-state index contributed by atoms with van der Waals surface area (Å²) >= 11 is 0. The van der Waals surface area contributed by atoms with Crippen molar-refractivity contribution in [1.29, 1.82) is 0 Å². The molecule has 82 valence electrons. The van der Waals surface area contributed by atoms with Crippen molar-refractivity contribution < 1.29 is 17.9 Å². The summed E-state index contributed by atoms with van der Waals surface area (Å²) in [7, 11) is 0.104. The van der Waals surface area contributed by atoms with Gasteiger partial charge in [-0.25, -0.2) is 8.42 Å². The number of hydrogen-bond donors (Lipinski definition) is 0. The first-order valence-corrected chi connectivity index (χ1v) is 6.32. The van der Waals surface area contributed by atoms with Crippen LogP contribution in [0.1, 0.15) is 11.1 Å². The molecule has 0 amide bonds. The van der Waals surface area contributed by atoms with Gasteiger partial charge in [-0.05, 0) is 23.3 Å². The number of ether oxygens (including phenoxy) is 2. The van der Waals surface area contributed by atoms with Gasteiger partial charge in [-0.1, -0.05) is 0 Å². The van der Waals surface area contributed by atoms with Crippen LogP contribution in [-0.4, -0.2) is 22.6 Å². The second-order valence-electron chi connectivity index (χ2n) is 3.51. The standard InChI is InChI=1S/C10H12O4S/c1-13-9-3-7-5-15(11,12)6-8(7)4-10(9)14-2/h3-4H,5-6H2,1-2H3. The highest BCUT2D eigenvalue weighted by Crippen LogP contribution is 2.35. The Morgan fingerprint density at radius 1 is 1.00 bits per heavy atom. The number of methoxy groups -OCH3 is 2. The highest BCUT2D eigenvalue weighted by Gasteiger charge is 2.26. The summed E-state index contributed by atoms with van der Waals surface area (Å²) in [5.41, 5.74) is 1.63. The van der Waals surface area contributed by atoms with Crippen molar-refractivity contribution in [2.45, 2.75) is 11.5 Å². The highest BCUT2D eigenvalue weighted by atomic mass is 32.2. The van der Waals surface area contributed by atoms with Gasteiger partial charge in [-0.2, -0.15) is 0 Å². The SMILES string of the molecule is COc1cc2c(cc1OC)CS(=O)(=O)C2. The molecule has 4 nitrogen and oxygen atoms in total. The number of sulfone groups is 1. The van der Waals surface area contributed by atoms with Crippen molar-refractivity contribution in [3.05, 3.63) is 23.3 Å². The summed E-state index contributed by atoms with van der Waals surface area (Å²) in [6, 6.07) is 3.47. The summed E-state index contributed by atoms with van der Waals surface area (Å²) in [5, 5.41) is 0. The molecule has 0 spiro atoms. The maximum absolute atomic E-state index is 11.4. The van der Waals surface area contributed by atoms with Crippen molar-refractivity contribution in [1.82, 2.24) is 0 Å². The Morgan fingerprint density at radius 3 is 1.73 bits per heavy atom. The fraction of sp³-hybridized carbons (Fsp3) is 0.400. The lowest BCUT2D eigenvalue weighted by Crippen LogP contribution is -1.95. The summed E-state index contributed by atoms with van der Waals surface area (Å²) in [5.74, 6) is 1.35. The molecule has 1 aromatic carbocycles. The Kier molecular flexibility index (Phi) is 2.34. The fourth-order valence-corrected chi connectivity index (χ4v) is 3.34. The van der Waals surface area contributed by atoms with Crippen LogP contribution in [0.2, 0.25) is 0 Å². The second-order valence-corrected chi connectivity index (χ2v) is 5.57. The van der Waals surface area contributed by atoms with E-state index < -0.39 is 9.84 Å². The van der Waals surface area contributed by atoms with E-state index in [1.165, 1.54) is 14.2 Å². The predicted molar refractivity (Wildman–Crippen MR) is 55.9 cm³/mol. The van der Waals surface area contributed by atoms with Gasteiger partial charge >= 0.3 is 0 Å². The van der Waals surface area contributed by atoms with Crippen LogP contribution in [0.5, 0.6) is 11.5 Å². The molecule has 1 aliphatic heterocycles. The van der Waals surface area contributed by atoms with Crippen LogP contribution in [0.3, 0.4) is 0 Å². The molecule has 1 aliphatic rings. The Bertz CT molecular complexity index is 451. The van der Waals surface area contributed by atoms with Crippen molar-refractivity contribution in [2.24, 2.45) is 0 Å². The lowest BCUT2D eigenvalue weighted by Gasteiger charge is -2.08. The summed E-state index contributed by atoms with van der Waals surface area (Å²) < 4.78 is 33.0. The lowest BCUT2D eigenvalue weighted by atomic mass is 10.1. The monoisotopic (exact) mass is 228 g/mol. The predicted octanol–water partition coefficient (Wildman–Crippen LogP) is 1.13. The van der Waals surface area contributed by atoms with Gasteiger partial charge in [-0.3, -0.25) is 0 Å². The molecule has 0 saturated heterocycles. The average Bonchev–Trinajstić information content (AvgIpc) is 2.48. The van der Waals surface area contributed by atoms with Crippen LogP contribution in [0.25, 0.3) is 0 Å². The molecule has 1 heterocycles. The van der Waals surface area contributed by atoms with E-state index in [1.807, 2.05) is 0 Å². The van der Waals surface area contributed by atoms with Crippen LogP contribution in [0, 0.1) is 0 Å². The van der Waals surface area contributed by atoms with E-state index in [1.54, 1.807) is 12.1 Å². The smallest absolute Gasteiger partial charge is 0.161 e. The molecule has 0 aromatic heterocycles. The molecule has 0 fully saturated rings. The van der Waals surface area contributed by atoms with E-state index in [2.05, 4.69) is 0 Å². The minimum Gasteiger partial charge on any atom is -0.493 e. The van der Waals surface area contributed by atoms with Gasteiger partial charge in [0, 0.05) is 0 Å². The van der Waals surface area contributed by atoms with Gasteiger partial charge in [0.2, 0.25) is 0 Å². The normalized spacial score (nSPS) is 17.2. The lowest BCUT2D eigenvalue weighted by molar-refractivity contribution is 0.354. The summed E-state index contributed by atoms with van der Waals surface area (Å²) in [6.07, 6.45) is 0. The molecule has 0 saturated carbocycles. The van der Waals surface area contributed by atoms with E-state index in [9.17, 15) is 8.42 Å².